The summed E-state index contributed by atoms with van der Waals surface area (Å²) < 4.78 is 33.0. The van der Waals surface area contributed by atoms with Crippen LogP contribution in [0.2, 0.25) is 0 Å². The summed E-state index contributed by atoms with van der Waals surface area (Å²) in [5.74, 6) is -0.948. The van der Waals surface area contributed by atoms with E-state index in [2.05, 4.69) is 81.9 Å². The number of ether oxygens (including phenoxy) is 1. The summed E-state index contributed by atoms with van der Waals surface area (Å²) in [6, 6.07) is 4.28. The van der Waals surface area contributed by atoms with Crippen molar-refractivity contribution in [3.63, 3.8) is 0 Å². The van der Waals surface area contributed by atoms with Gasteiger partial charge in [0.25, 0.3) is 0 Å². The van der Waals surface area contributed by atoms with Crippen molar-refractivity contribution in [1.82, 2.24) is 15.1 Å². The molecule has 8 heteroatoms. The van der Waals surface area contributed by atoms with Crippen LogP contribution in [-0.4, -0.2) is 70.1 Å². The molecule has 0 saturated carbocycles. The van der Waals surface area contributed by atoms with Crippen LogP contribution < -0.4 is 15.4 Å². The average Bonchev–Trinajstić information content (AvgIpc) is 2.85. The number of nitrogens with one attached hydrogen (secondary N) is 2. The van der Waals surface area contributed by atoms with Gasteiger partial charge in [-0.3, -0.25) is 9.69 Å². The van der Waals surface area contributed by atoms with Gasteiger partial charge < -0.3 is 20.3 Å². The van der Waals surface area contributed by atoms with E-state index in [1.54, 1.807) is 0 Å². The molecule has 0 aliphatic heterocycles. The van der Waals surface area contributed by atoms with Crippen molar-refractivity contribution in [2.75, 3.05) is 59.7 Å². The van der Waals surface area contributed by atoms with Gasteiger partial charge in [-0.15, -0.1) is 0 Å². The van der Waals surface area contributed by atoms with Crippen molar-refractivity contribution in [3.05, 3.63) is 59.7 Å². The molecule has 0 heterocycles. The van der Waals surface area contributed by atoms with E-state index in [9.17, 15) is 13.6 Å². The van der Waals surface area contributed by atoms with Crippen LogP contribution in [0.3, 0.4) is 0 Å². The van der Waals surface area contributed by atoms with Gasteiger partial charge in [0.1, 0.15) is 17.4 Å². The van der Waals surface area contributed by atoms with Gasteiger partial charge in [0.15, 0.2) is 0 Å². The number of unbranched alkanes of at least 4 members (excludes halogenated alkanes) is 1. The fourth-order valence-electron chi connectivity index (χ4n) is 4.25. The van der Waals surface area contributed by atoms with E-state index in [0.29, 0.717) is 19.7 Å². The monoisotopic (exact) mass is 534 g/mol. The molecule has 6 nitrogen and oxygen atoms in total. The fourth-order valence-corrected chi connectivity index (χ4v) is 4.25. The lowest BCUT2D eigenvalue weighted by Crippen LogP contribution is -2.41. The lowest BCUT2D eigenvalue weighted by Gasteiger charge is -2.35. The van der Waals surface area contributed by atoms with Crippen molar-refractivity contribution < 1.29 is 18.3 Å². The summed E-state index contributed by atoms with van der Waals surface area (Å²) in [7, 11) is 8.12. The minimum Gasteiger partial charge on any atom is -0.491 e. The number of amides is 1. The molecule has 0 aromatic heterocycles. The highest BCUT2D eigenvalue weighted by atomic mass is 19.1. The van der Waals surface area contributed by atoms with E-state index in [0.717, 1.165) is 54.6 Å². The number of carbonyl (C=O) groups is 1. The van der Waals surface area contributed by atoms with Crippen LogP contribution >= 0.6 is 0 Å². The first kappa shape index (κ1) is 33.3. The number of nitrogens with zero attached hydrogens (tertiary/aromatic N) is 2. The van der Waals surface area contributed by atoms with Crippen LogP contribution in [0, 0.1) is 12.3 Å². The molecule has 1 amide bonds. The zero-order valence-corrected chi connectivity index (χ0v) is 24.6. The second-order valence-corrected chi connectivity index (χ2v) is 10.8. The maximum Gasteiger partial charge on any atom is 0.226 e. The quantitative estimate of drug-likeness (QED) is 0.185. The SMILES string of the molecule is C=C/C(F)=C\C=C(\F)CC(=O)NCC(C)(C)CN(C)C(C)c1ccc(OCCCCN(C)C)c(NC)c1C. The molecule has 0 fully saturated rings. The second kappa shape index (κ2) is 16.3. The number of rotatable bonds is 17. The molecule has 1 aromatic rings. The van der Waals surface area contributed by atoms with E-state index < -0.39 is 24.0 Å². The third-order valence-corrected chi connectivity index (χ3v) is 6.48. The Kier molecular flexibility index (Phi) is 14.3. The summed E-state index contributed by atoms with van der Waals surface area (Å²) in [6.45, 7) is 14.5. The first-order valence-corrected chi connectivity index (χ1v) is 13.2. The van der Waals surface area contributed by atoms with E-state index in [4.69, 9.17) is 4.74 Å². The average molecular weight is 535 g/mol. The standard InChI is InChI=1S/C30H48F2N4O2/c1-10-24(31)13-14-25(32)19-28(37)34-20-30(4,5)21-36(9)23(3)26-15-16-27(29(33-6)22(26)2)38-18-12-11-17-35(7)8/h10,13-16,23,33H,1,11-12,17-21H2,2-9H3,(H,34,37)/b24-13+,25-14+. The molecular formula is C30H48F2N4O2. The highest BCUT2D eigenvalue weighted by molar-refractivity contribution is 5.78. The van der Waals surface area contributed by atoms with E-state index in [1.165, 1.54) is 5.56 Å². The maximum atomic E-state index is 13.9. The van der Waals surface area contributed by atoms with Gasteiger partial charge in [-0.1, -0.05) is 26.5 Å². The highest BCUT2D eigenvalue weighted by Crippen LogP contribution is 2.35. The van der Waals surface area contributed by atoms with Gasteiger partial charge in [0, 0.05) is 26.2 Å². The van der Waals surface area contributed by atoms with Crippen LogP contribution in [0.15, 0.2) is 48.6 Å². The molecule has 1 rings (SSSR count). The van der Waals surface area contributed by atoms with Gasteiger partial charge in [-0.05, 0) is 95.2 Å². The molecular weight excluding hydrogens is 486 g/mol. The zero-order valence-electron chi connectivity index (χ0n) is 24.6. The molecule has 0 saturated heterocycles. The molecule has 0 radical (unpaired) electrons. The molecule has 1 unspecified atom stereocenters. The summed E-state index contributed by atoms with van der Waals surface area (Å²) in [6.07, 6.45) is 4.53. The molecule has 38 heavy (non-hydrogen) atoms. The summed E-state index contributed by atoms with van der Waals surface area (Å²) >= 11 is 0. The molecule has 0 aliphatic carbocycles. The Morgan fingerprint density at radius 3 is 2.47 bits per heavy atom. The van der Waals surface area contributed by atoms with Crippen molar-refractivity contribution in [2.24, 2.45) is 5.41 Å². The number of hydrogen-bond acceptors (Lipinski definition) is 5. The third kappa shape index (κ3) is 11.8. The van der Waals surface area contributed by atoms with Crippen molar-refractivity contribution in [3.8, 4) is 5.75 Å². The van der Waals surface area contributed by atoms with Gasteiger partial charge in [-0.25, -0.2) is 8.78 Å². The second-order valence-electron chi connectivity index (χ2n) is 10.8. The van der Waals surface area contributed by atoms with Crippen molar-refractivity contribution in [1.29, 1.82) is 0 Å². The number of benzene rings is 1. The lowest BCUT2D eigenvalue weighted by atomic mass is 9.91. The van der Waals surface area contributed by atoms with Gasteiger partial charge in [-0.2, -0.15) is 0 Å². The number of allylic oxidation sites excluding steroid dienone is 4. The topological polar surface area (TPSA) is 56.8 Å². The Hall–Kier alpha value is -2.71. The molecule has 0 bridgehead atoms. The number of hydrogen-bond donors (Lipinski definition) is 2. The predicted molar refractivity (Wildman–Crippen MR) is 155 cm³/mol. The molecule has 1 aromatic carbocycles. The molecule has 0 aliphatic rings. The minimum atomic E-state index is -0.708. The minimum absolute atomic E-state index is 0.123. The normalized spacial score (nSPS) is 13.6. The van der Waals surface area contributed by atoms with Crippen LogP contribution in [0.4, 0.5) is 14.5 Å². The first-order valence-electron chi connectivity index (χ1n) is 13.2. The van der Waals surface area contributed by atoms with E-state index >= 15 is 0 Å². The van der Waals surface area contributed by atoms with Gasteiger partial charge in [0.05, 0.1) is 18.7 Å². The molecule has 1 atom stereocenters. The van der Waals surface area contributed by atoms with Crippen LogP contribution in [-0.2, 0) is 4.79 Å². The summed E-state index contributed by atoms with van der Waals surface area (Å²) in [4.78, 5) is 16.6. The van der Waals surface area contributed by atoms with Crippen LogP contribution in [0.1, 0.15) is 57.2 Å². The fraction of sp³-hybridized carbons (Fsp3) is 0.567. The number of anilines is 1. The Balaban J connectivity index is 2.75. The Morgan fingerprint density at radius 2 is 1.87 bits per heavy atom. The van der Waals surface area contributed by atoms with Crippen molar-refractivity contribution in [2.45, 2.75) is 53.0 Å². The Labute approximate surface area is 228 Å². The van der Waals surface area contributed by atoms with Gasteiger partial charge >= 0.3 is 0 Å². The Bertz CT molecular complexity index is 973. The zero-order chi connectivity index (χ0) is 28.9. The maximum absolute atomic E-state index is 13.9. The highest BCUT2D eigenvalue weighted by Gasteiger charge is 2.25. The lowest BCUT2D eigenvalue weighted by molar-refractivity contribution is -0.121. The number of carbonyl (C=O) groups excluding carboxylic acids is 1. The number of halogens is 2. The molecule has 2 N–H and O–H groups in total. The Morgan fingerprint density at radius 1 is 1.18 bits per heavy atom. The summed E-state index contributed by atoms with van der Waals surface area (Å²) in [5, 5.41) is 6.11. The van der Waals surface area contributed by atoms with Crippen LogP contribution in [0.5, 0.6) is 5.75 Å². The predicted octanol–water partition coefficient (Wildman–Crippen LogP) is 6.18. The van der Waals surface area contributed by atoms with Crippen LogP contribution in [0.25, 0.3) is 0 Å². The van der Waals surface area contributed by atoms with E-state index in [1.807, 2.05) is 13.1 Å². The summed E-state index contributed by atoms with van der Waals surface area (Å²) in [5.41, 5.74) is 3.08. The first-order chi connectivity index (χ1) is 17.8. The third-order valence-electron chi connectivity index (χ3n) is 6.48. The van der Waals surface area contributed by atoms with Gasteiger partial charge in [0.2, 0.25) is 5.91 Å². The molecule has 0 spiro atoms. The van der Waals surface area contributed by atoms with E-state index in [-0.39, 0.29) is 11.5 Å². The largest absolute Gasteiger partial charge is 0.491 e. The van der Waals surface area contributed by atoms with Crippen molar-refractivity contribution >= 4 is 11.6 Å². The smallest absolute Gasteiger partial charge is 0.226 e. The molecule has 214 valence electrons.